The fourth-order valence-corrected chi connectivity index (χ4v) is 5.33. The molecule has 12 nitrogen and oxygen atoms in total. The Kier molecular flexibility index (Phi) is 10.5. The molecule has 238 valence electrons. The number of hydrogen-bond donors (Lipinski definition) is 5. The summed E-state index contributed by atoms with van der Waals surface area (Å²) in [5.41, 5.74) is 6.22. The van der Waals surface area contributed by atoms with Crippen LogP contribution in [0.3, 0.4) is 0 Å². The van der Waals surface area contributed by atoms with Crippen molar-refractivity contribution >= 4 is 40.4 Å². The van der Waals surface area contributed by atoms with Crippen molar-refractivity contribution in [3.8, 4) is 0 Å². The summed E-state index contributed by atoms with van der Waals surface area (Å²) in [5, 5.41) is 20.3. The van der Waals surface area contributed by atoms with Crippen LogP contribution in [0.1, 0.15) is 56.1 Å². The van der Waals surface area contributed by atoms with Gasteiger partial charge in [-0.05, 0) is 57.7 Å². The lowest BCUT2D eigenvalue weighted by Crippen LogP contribution is -2.59. The van der Waals surface area contributed by atoms with Crippen LogP contribution in [-0.4, -0.2) is 80.8 Å². The number of nitrogens with zero attached hydrogens (tertiary/aromatic N) is 2. The second-order valence-electron chi connectivity index (χ2n) is 12.3. The Morgan fingerprint density at radius 1 is 0.978 bits per heavy atom. The average Bonchev–Trinajstić information content (AvgIpc) is 3.49. The van der Waals surface area contributed by atoms with Gasteiger partial charge in [0.25, 0.3) is 11.8 Å². The largest absolute Gasteiger partial charge is 0.381 e. The Labute approximate surface area is 261 Å². The van der Waals surface area contributed by atoms with Crippen molar-refractivity contribution in [2.45, 2.75) is 76.2 Å². The number of nitrogens with one attached hydrogen (secondary N) is 3. The van der Waals surface area contributed by atoms with Gasteiger partial charge in [0.1, 0.15) is 17.8 Å². The molecule has 0 radical (unpaired) electrons. The second-order valence-corrected chi connectivity index (χ2v) is 12.3. The zero-order valence-electron chi connectivity index (χ0n) is 25.7. The van der Waals surface area contributed by atoms with Crippen molar-refractivity contribution < 1.29 is 29.1 Å². The lowest BCUT2D eigenvalue weighted by molar-refractivity contribution is -0.147. The van der Waals surface area contributed by atoms with Crippen LogP contribution in [0.15, 0.2) is 66.7 Å². The molecule has 0 bridgehead atoms. The van der Waals surface area contributed by atoms with Gasteiger partial charge in [-0.15, -0.1) is 0 Å². The van der Waals surface area contributed by atoms with E-state index in [9.17, 15) is 29.1 Å². The first-order valence-electron chi connectivity index (χ1n) is 14.9. The molecule has 0 saturated carbocycles. The maximum absolute atomic E-state index is 13.6. The predicted molar refractivity (Wildman–Crippen MR) is 168 cm³/mol. The molecule has 1 saturated heterocycles. The molecule has 3 unspecified atom stereocenters. The summed E-state index contributed by atoms with van der Waals surface area (Å²) in [6.45, 7) is 5.78. The highest BCUT2D eigenvalue weighted by Gasteiger charge is 2.41. The molecule has 4 atom stereocenters. The first-order valence-corrected chi connectivity index (χ1v) is 14.9. The smallest absolute Gasteiger partial charge is 0.270 e. The summed E-state index contributed by atoms with van der Waals surface area (Å²) >= 11 is 0. The number of nitrogens with two attached hydrogens (primary N) is 1. The van der Waals surface area contributed by atoms with Gasteiger partial charge in [0.2, 0.25) is 17.7 Å². The highest BCUT2D eigenvalue weighted by atomic mass is 16.3. The Hall–Kier alpha value is -4.84. The summed E-state index contributed by atoms with van der Waals surface area (Å²) in [5.74, 6) is -3.40. The number of aliphatic hydroxyl groups excluding tert-OH is 1. The third-order valence-electron chi connectivity index (χ3n) is 7.46. The molecular formula is C33H40N6O6. The van der Waals surface area contributed by atoms with Gasteiger partial charge >= 0.3 is 0 Å². The highest BCUT2D eigenvalue weighted by Crippen LogP contribution is 2.21. The molecule has 0 spiro atoms. The molecule has 3 aromatic rings. The molecule has 2 heterocycles. The number of aromatic nitrogens is 1. The molecule has 1 aliphatic heterocycles. The van der Waals surface area contributed by atoms with Crippen molar-refractivity contribution in [1.82, 2.24) is 25.8 Å². The van der Waals surface area contributed by atoms with Crippen LogP contribution >= 0.6 is 0 Å². The Morgan fingerprint density at radius 3 is 2.36 bits per heavy atom. The normalized spacial score (nSPS) is 16.8. The number of benzene rings is 2. The van der Waals surface area contributed by atoms with E-state index < -0.39 is 59.8 Å². The first kappa shape index (κ1) is 33.1. The minimum Gasteiger partial charge on any atom is -0.381 e. The standard InChI is InChI=1S/C33H40N6O6/c1-33(2,3)38-31(44)26-14-9-17-39(26)32(45)28(41)24(18-20-10-5-4-6-11-20)36-30(43)25(19-27(34)40)37-29(42)23-16-15-21-12-7-8-13-22(21)35-23/h4-8,10-13,15-16,24-26,28,41H,9,14,17-19H2,1-3H3,(H2,34,40)(H,36,43)(H,37,42)(H,38,44)/t24?,25?,26?,28-/m0/s1. The second kappa shape index (κ2) is 14.3. The van der Waals surface area contributed by atoms with E-state index >= 15 is 0 Å². The number of para-hydroxylation sites is 1. The number of likely N-dealkylation sites (tertiary alicyclic amines) is 1. The molecule has 5 amide bonds. The van der Waals surface area contributed by atoms with E-state index in [-0.39, 0.29) is 24.6 Å². The molecule has 2 aromatic carbocycles. The third kappa shape index (κ3) is 8.85. The molecular weight excluding hydrogens is 576 g/mol. The number of pyridine rings is 1. The number of rotatable bonds is 11. The number of carbonyl (C=O) groups excluding carboxylic acids is 5. The van der Waals surface area contributed by atoms with Crippen molar-refractivity contribution in [3.05, 3.63) is 78.0 Å². The van der Waals surface area contributed by atoms with E-state index in [1.165, 1.54) is 11.0 Å². The Morgan fingerprint density at radius 2 is 1.67 bits per heavy atom. The lowest BCUT2D eigenvalue weighted by atomic mass is 9.99. The zero-order valence-corrected chi connectivity index (χ0v) is 25.7. The minimum absolute atomic E-state index is 0.0284. The molecule has 1 aromatic heterocycles. The number of amides is 5. The maximum Gasteiger partial charge on any atom is 0.270 e. The SMILES string of the molecule is CC(C)(C)NC(=O)C1CCCN1C(=O)[C@@H](O)C(Cc1ccccc1)NC(=O)C(CC(N)=O)NC(=O)c1ccc2ccccc2n1. The fourth-order valence-electron chi connectivity index (χ4n) is 5.33. The van der Waals surface area contributed by atoms with E-state index in [4.69, 9.17) is 5.73 Å². The van der Waals surface area contributed by atoms with Crippen LogP contribution < -0.4 is 21.7 Å². The summed E-state index contributed by atoms with van der Waals surface area (Å²) in [6.07, 6.45) is -1.20. The molecule has 1 fully saturated rings. The van der Waals surface area contributed by atoms with Gasteiger partial charge in [-0.1, -0.05) is 54.6 Å². The summed E-state index contributed by atoms with van der Waals surface area (Å²) in [7, 11) is 0. The van der Waals surface area contributed by atoms with Crippen LogP contribution in [0.5, 0.6) is 0 Å². The van der Waals surface area contributed by atoms with Crippen molar-refractivity contribution in [3.63, 3.8) is 0 Å². The van der Waals surface area contributed by atoms with Gasteiger partial charge in [-0.2, -0.15) is 0 Å². The fraction of sp³-hybridized carbons (Fsp3) is 0.394. The molecule has 1 aliphatic rings. The summed E-state index contributed by atoms with van der Waals surface area (Å²) in [6, 6.07) is 16.0. The lowest BCUT2D eigenvalue weighted by Gasteiger charge is -2.32. The molecule has 0 aliphatic carbocycles. The number of primary amides is 1. The van der Waals surface area contributed by atoms with Gasteiger partial charge in [0, 0.05) is 17.5 Å². The van der Waals surface area contributed by atoms with Gasteiger partial charge in [0.05, 0.1) is 18.0 Å². The highest BCUT2D eigenvalue weighted by molar-refractivity contribution is 5.99. The molecule has 6 N–H and O–H groups in total. The van der Waals surface area contributed by atoms with Crippen LogP contribution in [0.2, 0.25) is 0 Å². The van der Waals surface area contributed by atoms with E-state index in [1.807, 2.05) is 32.9 Å². The predicted octanol–water partition coefficient (Wildman–Crippen LogP) is 1.20. The summed E-state index contributed by atoms with van der Waals surface area (Å²) in [4.78, 5) is 70.9. The zero-order chi connectivity index (χ0) is 32.7. The van der Waals surface area contributed by atoms with E-state index in [0.717, 1.165) is 5.39 Å². The van der Waals surface area contributed by atoms with Gasteiger partial charge in [-0.25, -0.2) is 4.98 Å². The average molecular weight is 617 g/mol. The van der Waals surface area contributed by atoms with Crippen LogP contribution in [-0.2, 0) is 25.6 Å². The molecule has 45 heavy (non-hydrogen) atoms. The van der Waals surface area contributed by atoms with E-state index in [0.29, 0.717) is 23.9 Å². The van der Waals surface area contributed by atoms with Crippen molar-refractivity contribution in [1.29, 1.82) is 0 Å². The third-order valence-corrected chi connectivity index (χ3v) is 7.46. The maximum atomic E-state index is 13.6. The number of carbonyl (C=O) groups is 5. The van der Waals surface area contributed by atoms with E-state index in [2.05, 4.69) is 20.9 Å². The number of fused-ring (bicyclic) bond motifs is 1. The van der Waals surface area contributed by atoms with Gasteiger partial charge in [-0.3, -0.25) is 24.0 Å². The van der Waals surface area contributed by atoms with Gasteiger partial charge < -0.3 is 31.7 Å². The minimum atomic E-state index is -1.73. The van der Waals surface area contributed by atoms with Crippen LogP contribution in [0, 0.1) is 0 Å². The number of hydrogen-bond acceptors (Lipinski definition) is 7. The Bertz CT molecular complexity index is 1560. The van der Waals surface area contributed by atoms with E-state index in [1.54, 1.807) is 48.5 Å². The first-order chi connectivity index (χ1) is 21.3. The number of aliphatic hydroxyl groups is 1. The van der Waals surface area contributed by atoms with Crippen LogP contribution in [0.25, 0.3) is 10.9 Å². The van der Waals surface area contributed by atoms with Gasteiger partial charge in [0.15, 0.2) is 6.10 Å². The van der Waals surface area contributed by atoms with Crippen LogP contribution in [0.4, 0.5) is 0 Å². The monoisotopic (exact) mass is 616 g/mol. The summed E-state index contributed by atoms with van der Waals surface area (Å²) < 4.78 is 0. The molecule has 4 rings (SSSR count). The topological polar surface area (TPSA) is 184 Å². The van der Waals surface area contributed by atoms with Crippen molar-refractivity contribution in [2.75, 3.05) is 6.54 Å². The molecule has 12 heteroatoms. The van der Waals surface area contributed by atoms with Crippen molar-refractivity contribution in [2.24, 2.45) is 5.73 Å². The Balaban J connectivity index is 1.55. The quantitative estimate of drug-likeness (QED) is 0.214.